The number of benzene rings is 1. The van der Waals surface area contributed by atoms with Gasteiger partial charge in [-0.15, -0.1) is 0 Å². The van der Waals surface area contributed by atoms with Gasteiger partial charge in [0, 0.05) is 35.3 Å². The van der Waals surface area contributed by atoms with E-state index in [-0.39, 0.29) is 17.6 Å². The molecule has 1 unspecified atom stereocenters. The van der Waals surface area contributed by atoms with E-state index in [0.29, 0.717) is 0 Å². The molecule has 1 aromatic carbocycles. The van der Waals surface area contributed by atoms with Crippen molar-refractivity contribution in [3.63, 3.8) is 0 Å². The minimum Gasteiger partial charge on any atom is -0.375 e. The molecule has 1 aliphatic heterocycles. The summed E-state index contributed by atoms with van der Waals surface area (Å²) in [5, 5.41) is 4.25. The zero-order chi connectivity index (χ0) is 15.7. The molecule has 1 saturated heterocycles. The lowest BCUT2D eigenvalue weighted by atomic mass is 9.78. The number of H-pyrrole nitrogens is 1. The quantitative estimate of drug-likeness (QED) is 0.886. The van der Waals surface area contributed by atoms with Gasteiger partial charge in [-0.1, -0.05) is 25.3 Å². The van der Waals surface area contributed by atoms with Crippen LogP contribution in [-0.4, -0.2) is 29.1 Å². The Morgan fingerprint density at radius 3 is 2.96 bits per heavy atom. The van der Waals surface area contributed by atoms with Crippen LogP contribution >= 0.6 is 0 Å². The number of carbonyl (C=O) groups excluding carboxylic acids is 1. The van der Waals surface area contributed by atoms with Crippen LogP contribution in [0.25, 0.3) is 10.9 Å². The number of hydrogen-bond donors (Lipinski definition) is 2. The minimum absolute atomic E-state index is 0.0224. The predicted molar refractivity (Wildman–Crippen MR) is 90.6 cm³/mol. The SMILES string of the molecule is O=C(NC1CCOC2(CCCCC2)C1)c1cccc2[nH]ccc12. The minimum atomic E-state index is 0.0224. The number of hydrogen-bond acceptors (Lipinski definition) is 2. The van der Waals surface area contributed by atoms with E-state index in [2.05, 4.69) is 10.3 Å². The Balaban J connectivity index is 1.49. The average Bonchev–Trinajstić information content (AvgIpc) is 3.04. The van der Waals surface area contributed by atoms with E-state index in [0.717, 1.165) is 48.8 Å². The van der Waals surface area contributed by atoms with Crippen molar-refractivity contribution in [2.45, 2.75) is 56.6 Å². The fraction of sp³-hybridized carbons (Fsp3) is 0.526. The van der Waals surface area contributed by atoms with Gasteiger partial charge in [-0.25, -0.2) is 0 Å². The fourth-order valence-electron chi connectivity index (χ4n) is 4.24. The van der Waals surface area contributed by atoms with Gasteiger partial charge in [-0.2, -0.15) is 0 Å². The summed E-state index contributed by atoms with van der Waals surface area (Å²) in [6.45, 7) is 0.763. The summed E-state index contributed by atoms with van der Waals surface area (Å²) in [5.41, 5.74) is 1.79. The van der Waals surface area contributed by atoms with E-state index >= 15 is 0 Å². The molecule has 1 spiro atoms. The van der Waals surface area contributed by atoms with Crippen LogP contribution < -0.4 is 5.32 Å². The summed E-state index contributed by atoms with van der Waals surface area (Å²) >= 11 is 0. The van der Waals surface area contributed by atoms with E-state index in [1.54, 1.807) is 0 Å². The number of ether oxygens (including phenoxy) is 1. The van der Waals surface area contributed by atoms with E-state index in [1.165, 1.54) is 19.3 Å². The van der Waals surface area contributed by atoms with Crippen LogP contribution in [0.5, 0.6) is 0 Å². The second-order valence-electron chi connectivity index (χ2n) is 7.00. The third-order valence-corrected chi connectivity index (χ3v) is 5.43. The first kappa shape index (κ1) is 14.8. The van der Waals surface area contributed by atoms with Crippen molar-refractivity contribution in [1.29, 1.82) is 0 Å². The standard InChI is InChI=1S/C19H24N2O2/c22-18(16-5-4-6-17-15(16)7-11-20-17)21-14-8-12-23-19(13-14)9-2-1-3-10-19/h4-7,11,14,20H,1-3,8-10,12-13H2,(H,21,22). The molecule has 2 aliphatic rings. The van der Waals surface area contributed by atoms with Crippen LogP contribution in [0.4, 0.5) is 0 Å². The molecular formula is C19H24N2O2. The van der Waals surface area contributed by atoms with Crippen LogP contribution in [0.3, 0.4) is 0 Å². The monoisotopic (exact) mass is 312 g/mol. The van der Waals surface area contributed by atoms with Gasteiger partial charge < -0.3 is 15.0 Å². The maximum atomic E-state index is 12.7. The molecule has 122 valence electrons. The highest BCUT2D eigenvalue weighted by molar-refractivity contribution is 6.06. The summed E-state index contributed by atoms with van der Waals surface area (Å²) in [5.74, 6) is 0.0352. The number of fused-ring (bicyclic) bond motifs is 1. The van der Waals surface area contributed by atoms with Gasteiger partial charge in [0.1, 0.15) is 0 Å². The Labute approximate surface area is 136 Å². The van der Waals surface area contributed by atoms with E-state index in [9.17, 15) is 4.79 Å². The zero-order valence-corrected chi connectivity index (χ0v) is 13.4. The molecule has 2 N–H and O–H groups in total. The van der Waals surface area contributed by atoms with Gasteiger partial charge in [-0.05, 0) is 43.9 Å². The molecule has 1 amide bonds. The lowest BCUT2D eigenvalue weighted by Gasteiger charge is -2.43. The van der Waals surface area contributed by atoms with Crippen molar-refractivity contribution in [2.75, 3.05) is 6.61 Å². The van der Waals surface area contributed by atoms with Crippen molar-refractivity contribution < 1.29 is 9.53 Å². The molecule has 23 heavy (non-hydrogen) atoms. The number of rotatable bonds is 2. The first-order valence-electron chi connectivity index (χ1n) is 8.77. The topological polar surface area (TPSA) is 54.1 Å². The van der Waals surface area contributed by atoms with Crippen LogP contribution in [0.1, 0.15) is 55.3 Å². The molecule has 4 nitrogen and oxygen atoms in total. The lowest BCUT2D eigenvalue weighted by molar-refractivity contribution is -0.107. The van der Waals surface area contributed by atoms with Gasteiger partial charge in [-0.3, -0.25) is 4.79 Å². The van der Waals surface area contributed by atoms with Crippen LogP contribution in [0.15, 0.2) is 30.5 Å². The largest absolute Gasteiger partial charge is 0.375 e. The molecular weight excluding hydrogens is 288 g/mol. The highest BCUT2D eigenvalue weighted by Gasteiger charge is 2.38. The molecule has 2 fully saturated rings. The Kier molecular flexibility index (Phi) is 3.85. The molecule has 0 radical (unpaired) electrons. The van der Waals surface area contributed by atoms with Crippen molar-refractivity contribution in [2.24, 2.45) is 0 Å². The Hall–Kier alpha value is -1.81. The van der Waals surface area contributed by atoms with Gasteiger partial charge in [0.25, 0.3) is 5.91 Å². The smallest absolute Gasteiger partial charge is 0.252 e. The number of aromatic amines is 1. The number of aromatic nitrogens is 1. The molecule has 4 rings (SSSR count). The molecule has 2 aromatic rings. The van der Waals surface area contributed by atoms with Crippen molar-refractivity contribution in [3.8, 4) is 0 Å². The fourth-order valence-corrected chi connectivity index (χ4v) is 4.24. The molecule has 1 saturated carbocycles. The first-order valence-corrected chi connectivity index (χ1v) is 8.77. The Bertz CT molecular complexity index is 695. The second kappa shape index (κ2) is 6.00. The molecule has 0 bridgehead atoms. The van der Waals surface area contributed by atoms with Crippen LogP contribution in [-0.2, 0) is 4.74 Å². The Morgan fingerprint density at radius 2 is 2.09 bits per heavy atom. The number of nitrogens with one attached hydrogen (secondary N) is 2. The van der Waals surface area contributed by atoms with Crippen molar-refractivity contribution >= 4 is 16.8 Å². The Morgan fingerprint density at radius 1 is 1.22 bits per heavy atom. The predicted octanol–water partition coefficient (Wildman–Crippen LogP) is 3.78. The van der Waals surface area contributed by atoms with Gasteiger partial charge >= 0.3 is 0 Å². The molecule has 1 aliphatic carbocycles. The van der Waals surface area contributed by atoms with Gasteiger partial charge in [0.05, 0.1) is 5.60 Å². The summed E-state index contributed by atoms with van der Waals surface area (Å²) in [6, 6.07) is 8.03. The van der Waals surface area contributed by atoms with Crippen LogP contribution in [0, 0.1) is 0 Å². The normalized spacial score (nSPS) is 23.9. The molecule has 1 atom stereocenters. The molecule has 4 heteroatoms. The molecule has 2 heterocycles. The number of amides is 1. The van der Waals surface area contributed by atoms with Crippen LogP contribution in [0.2, 0.25) is 0 Å². The van der Waals surface area contributed by atoms with Crippen molar-refractivity contribution in [3.05, 3.63) is 36.0 Å². The lowest BCUT2D eigenvalue weighted by Crippen LogP contribution is -2.49. The summed E-state index contributed by atoms with van der Waals surface area (Å²) in [6.07, 6.45) is 9.87. The summed E-state index contributed by atoms with van der Waals surface area (Å²) in [7, 11) is 0. The van der Waals surface area contributed by atoms with Gasteiger partial charge in [0.15, 0.2) is 0 Å². The maximum absolute atomic E-state index is 12.7. The average molecular weight is 312 g/mol. The summed E-state index contributed by atoms with van der Waals surface area (Å²) < 4.78 is 6.13. The summed E-state index contributed by atoms with van der Waals surface area (Å²) in [4.78, 5) is 15.9. The highest BCUT2D eigenvalue weighted by Crippen LogP contribution is 2.38. The first-order chi connectivity index (χ1) is 11.3. The van der Waals surface area contributed by atoms with E-state index in [1.807, 2.05) is 30.5 Å². The third-order valence-electron chi connectivity index (χ3n) is 5.43. The van der Waals surface area contributed by atoms with Crippen molar-refractivity contribution in [1.82, 2.24) is 10.3 Å². The van der Waals surface area contributed by atoms with Gasteiger partial charge in [0.2, 0.25) is 0 Å². The number of carbonyl (C=O) groups is 1. The third kappa shape index (κ3) is 2.88. The zero-order valence-electron chi connectivity index (χ0n) is 13.4. The maximum Gasteiger partial charge on any atom is 0.252 e. The molecule has 1 aromatic heterocycles. The highest BCUT2D eigenvalue weighted by atomic mass is 16.5. The van der Waals surface area contributed by atoms with E-state index in [4.69, 9.17) is 4.74 Å². The second-order valence-corrected chi connectivity index (χ2v) is 7.00. The van der Waals surface area contributed by atoms with E-state index < -0.39 is 0 Å².